The van der Waals surface area contributed by atoms with E-state index < -0.39 is 5.41 Å². The molecule has 0 fully saturated rings. The van der Waals surface area contributed by atoms with Crippen molar-refractivity contribution in [3.8, 4) is 0 Å². The normalized spacial score (nSPS) is 11.7. The van der Waals surface area contributed by atoms with E-state index in [9.17, 15) is 4.79 Å². The third-order valence-corrected chi connectivity index (χ3v) is 3.17. The minimum atomic E-state index is -0.824. The summed E-state index contributed by atoms with van der Waals surface area (Å²) in [7, 11) is 3.84. The first-order valence-corrected chi connectivity index (χ1v) is 6.58. The van der Waals surface area contributed by atoms with Crippen LogP contribution < -0.4 is 4.90 Å². The molecular weight excluding hydrogens is 256 g/mol. The average Bonchev–Trinajstić information content (AvgIpc) is 2.82. The lowest BCUT2D eigenvalue weighted by Gasteiger charge is -2.19. The van der Waals surface area contributed by atoms with Gasteiger partial charge in [-0.15, -0.1) is 0 Å². The molecule has 0 aliphatic rings. The van der Waals surface area contributed by atoms with Gasteiger partial charge in [0.2, 0.25) is 0 Å². The van der Waals surface area contributed by atoms with Gasteiger partial charge in [-0.1, -0.05) is 0 Å². The van der Waals surface area contributed by atoms with Crippen LogP contribution in [0.25, 0.3) is 11.2 Å². The Labute approximate surface area is 118 Å². The van der Waals surface area contributed by atoms with Crippen LogP contribution in [-0.2, 0) is 14.9 Å². The second kappa shape index (κ2) is 5.11. The first kappa shape index (κ1) is 14.3. The van der Waals surface area contributed by atoms with Crippen molar-refractivity contribution in [1.82, 2.24) is 15.0 Å². The SMILES string of the molecule is CCOC(=O)C(C)(C)c1nc2nc(N(C)C)ccc2[nH]1. The number of ether oxygens (including phenoxy) is 1. The van der Waals surface area contributed by atoms with Gasteiger partial charge in [-0.3, -0.25) is 4.79 Å². The molecule has 6 heteroatoms. The van der Waals surface area contributed by atoms with Gasteiger partial charge < -0.3 is 14.6 Å². The number of hydrogen-bond donors (Lipinski definition) is 1. The summed E-state index contributed by atoms with van der Waals surface area (Å²) in [5.74, 6) is 1.09. The zero-order chi connectivity index (χ0) is 14.9. The van der Waals surface area contributed by atoms with Crippen molar-refractivity contribution in [3.63, 3.8) is 0 Å². The maximum absolute atomic E-state index is 12.0. The Kier molecular flexibility index (Phi) is 3.65. The van der Waals surface area contributed by atoms with E-state index in [1.54, 1.807) is 20.8 Å². The third-order valence-electron chi connectivity index (χ3n) is 3.17. The zero-order valence-electron chi connectivity index (χ0n) is 12.5. The topological polar surface area (TPSA) is 71.1 Å². The Morgan fingerprint density at radius 3 is 2.65 bits per heavy atom. The molecule has 0 amide bonds. The molecule has 0 aliphatic carbocycles. The van der Waals surface area contributed by atoms with E-state index in [0.29, 0.717) is 18.1 Å². The van der Waals surface area contributed by atoms with Gasteiger partial charge in [0.05, 0.1) is 12.1 Å². The van der Waals surface area contributed by atoms with Crippen LogP contribution in [0.2, 0.25) is 0 Å². The summed E-state index contributed by atoms with van der Waals surface area (Å²) < 4.78 is 5.09. The molecule has 0 aromatic carbocycles. The van der Waals surface area contributed by atoms with Gasteiger partial charge in [0, 0.05) is 14.1 Å². The number of hydrogen-bond acceptors (Lipinski definition) is 5. The van der Waals surface area contributed by atoms with Gasteiger partial charge in [-0.05, 0) is 32.9 Å². The fourth-order valence-electron chi connectivity index (χ4n) is 1.84. The summed E-state index contributed by atoms with van der Waals surface area (Å²) in [5, 5.41) is 0. The van der Waals surface area contributed by atoms with Gasteiger partial charge >= 0.3 is 5.97 Å². The lowest BCUT2D eigenvalue weighted by atomic mass is 9.93. The summed E-state index contributed by atoms with van der Waals surface area (Å²) in [4.78, 5) is 25.9. The molecular formula is C14H20N4O2. The number of nitrogens with zero attached hydrogens (tertiary/aromatic N) is 3. The first-order chi connectivity index (χ1) is 9.36. The number of pyridine rings is 1. The number of esters is 1. The molecule has 0 spiro atoms. The highest BCUT2D eigenvalue weighted by atomic mass is 16.5. The highest BCUT2D eigenvalue weighted by Crippen LogP contribution is 2.25. The van der Waals surface area contributed by atoms with Gasteiger partial charge in [-0.25, -0.2) is 9.97 Å². The van der Waals surface area contributed by atoms with E-state index in [1.807, 2.05) is 31.1 Å². The number of imidazole rings is 1. The standard InChI is InChI=1S/C14H20N4O2/c1-6-20-13(19)14(2,3)12-15-9-7-8-10(18(4)5)16-11(9)17-12/h7-8H,6H2,1-5H3,(H,15,16,17). The number of aromatic nitrogens is 3. The summed E-state index contributed by atoms with van der Waals surface area (Å²) in [6, 6.07) is 3.82. The second-order valence-electron chi connectivity index (χ2n) is 5.37. The molecule has 1 N–H and O–H groups in total. The molecule has 6 nitrogen and oxygen atoms in total. The predicted octanol–water partition coefficient (Wildman–Crippen LogP) is 1.86. The minimum absolute atomic E-state index is 0.299. The average molecular weight is 276 g/mol. The Balaban J connectivity index is 2.43. The van der Waals surface area contributed by atoms with Gasteiger partial charge in [0.15, 0.2) is 5.65 Å². The molecule has 2 aromatic heterocycles. The Bertz CT molecular complexity index is 631. The second-order valence-corrected chi connectivity index (χ2v) is 5.37. The molecule has 0 bridgehead atoms. The highest BCUT2D eigenvalue weighted by Gasteiger charge is 2.34. The van der Waals surface area contributed by atoms with E-state index in [0.717, 1.165) is 11.3 Å². The molecule has 2 aromatic rings. The molecule has 2 heterocycles. The van der Waals surface area contributed by atoms with Gasteiger partial charge in [0.25, 0.3) is 0 Å². The quantitative estimate of drug-likeness (QED) is 0.863. The van der Waals surface area contributed by atoms with Crippen LogP contribution in [0.5, 0.6) is 0 Å². The Hall–Kier alpha value is -2.11. The summed E-state index contributed by atoms with van der Waals surface area (Å²) in [5.41, 5.74) is 0.584. The number of H-pyrrole nitrogens is 1. The molecule has 2 rings (SSSR count). The number of carbonyl (C=O) groups is 1. The van der Waals surface area contributed by atoms with Crippen molar-refractivity contribution < 1.29 is 9.53 Å². The van der Waals surface area contributed by atoms with Crippen LogP contribution in [0.3, 0.4) is 0 Å². The molecule has 0 radical (unpaired) electrons. The molecule has 108 valence electrons. The fraction of sp³-hybridized carbons (Fsp3) is 0.500. The van der Waals surface area contributed by atoms with Crippen LogP contribution in [0.15, 0.2) is 12.1 Å². The molecule has 20 heavy (non-hydrogen) atoms. The van der Waals surface area contributed by atoms with Crippen LogP contribution in [0.4, 0.5) is 5.82 Å². The molecule has 0 atom stereocenters. The van der Waals surface area contributed by atoms with E-state index >= 15 is 0 Å². The molecule has 0 unspecified atom stereocenters. The number of fused-ring (bicyclic) bond motifs is 1. The third kappa shape index (κ3) is 2.45. The first-order valence-electron chi connectivity index (χ1n) is 6.58. The maximum atomic E-state index is 12.0. The molecule has 0 saturated carbocycles. The molecule has 0 saturated heterocycles. The predicted molar refractivity (Wildman–Crippen MR) is 77.9 cm³/mol. The number of carbonyl (C=O) groups excluding carboxylic acids is 1. The van der Waals surface area contributed by atoms with Gasteiger partial charge in [0.1, 0.15) is 17.1 Å². The minimum Gasteiger partial charge on any atom is -0.465 e. The number of nitrogens with one attached hydrogen (secondary N) is 1. The summed E-state index contributed by atoms with van der Waals surface area (Å²) in [6.45, 7) is 5.72. The Morgan fingerprint density at radius 1 is 1.35 bits per heavy atom. The largest absolute Gasteiger partial charge is 0.465 e. The van der Waals surface area contributed by atoms with Crippen molar-refractivity contribution in [2.75, 3.05) is 25.6 Å². The van der Waals surface area contributed by atoms with Crippen LogP contribution >= 0.6 is 0 Å². The lowest BCUT2D eigenvalue weighted by Crippen LogP contribution is -2.32. The number of anilines is 1. The van der Waals surface area contributed by atoms with Crippen LogP contribution in [0, 0.1) is 0 Å². The maximum Gasteiger partial charge on any atom is 0.319 e. The van der Waals surface area contributed by atoms with Crippen LogP contribution in [-0.4, -0.2) is 41.6 Å². The highest BCUT2D eigenvalue weighted by molar-refractivity contribution is 5.83. The number of rotatable bonds is 4. The monoisotopic (exact) mass is 276 g/mol. The lowest BCUT2D eigenvalue weighted by molar-refractivity contribution is -0.149. The van der Waals surface area contributed by atoms with Crippen molar-refractivity contribution >= 4 is 23.0 Å². The van der Waals surface area contributed by atoms with E-state index in [2.05, 4.69) is 15.0 Å². The molecule has 0 aliphatic heterocycles. The Morgan fingerprint density at radius 2 is 2.05 bits per heavy atom. The van der Waals surface area contributed by atoms with E-state index in [-0.39, 0.29) is 5.97 Å². The van der Waals surface area contributed by atoms with Crippen molar-refractivity contribution in [1.29, 1.82) is 0 Å². The van der Waals surface area contributed by atoms with Crippen LogP contribution in [0.1, 0.15) is 26.6 Å². The van der Waals surface area contributed by atoms with E-state index in [1.165, 1.54) is 0 Å². The van der Waals surface area contributed by atoms with Crippen molar-refractivity contribution in [3.05, 3.63) is 18.0 Å². The zero-order valence-corrected chi connectivity index (χ0v) is 12.5. The van der Waals surface area contributed by atoms with E-state index in [4.69, 9.17) is 4.74 Å². The van der Waals surface area contributed by atoms with Crippen molar-refractivity contribution in [2.24, 2.45) is 0 Å². The van der Waals surface area contributed by atoms with Crippen molar-refractivity contribution in [2.45, 2.75) is 26.2 Å². The van der Waals surface area contributed by atoms with Gasteiger partial charge in [-0.2, -0.15) is 0 Å². The summed E-state index contributed by atoms with van der Waals surface area (Å²) in [6.07, 6.45) is 0. The summed E-state index contributed by atoms with van der Waals surface area (Å²) >= 11 is 0. The smallest absolute Gasteiger partial charge is 0.319 e. The fourth-order valence-corrected chi connectivity index (χ4v) is 1.84. The number of aromatic amines is 1.